The Balaban J connectivity index is 0.000000400. The predicted octanol–water partition coefficient (Wildman–Crippen LogP) is 7.26. The minimum Gasteiger partial charge on any atom is -0.449 e. The summed E-state index contributed by atoms with van der Waals surface area (Å²) in [7, 11) is -2.34. The van der Waals surface area contributed by atoms with E-state index in [4.69, 9.17) is 18.9 Å². The van der Waals surface area contributed by atoms with Gasteiger partial charge in [-0.1, -0.05) is 53.7 Å². The molecule has 4 aliphatic heterocycles. The van der Waals surface area contributed by atoms with Crippen molar-refractivity contribution < 1.29 is 74.5 Å². The molecule has 6 N–H and O–H groups in total. The molecule has 4 heterocycles. The number of hydrogen-bond donors (Lipinski definition) is 6. The second-order valence-electron chi connectivity index (χ2n) is 25.2. The maximum atomic E-state index is 14.8. The van der Waals surface area contributed by atoms with E-state index in [0.717, 1.165) is 12.2 Å². The van der Waals surface area contributed by atoms with Crippen LogP contribution in [0.15, 0.2) is 24.3 Å². The fourth-order valence-corrected chi connectivity index (χ4v) is 12.9. The molecule has 0 bridgehead atoms. The number of carbonyl (C=O) groups excluding carboxylic acids is 4. The molecule has 0 spiro atoms. The molecule has 4 fully saturated rings. The summed E-state index contributed by atoms with van der Waals surface area (Å²) in [4.78, 5) is 49.5. The van der Waals surface area contributed by atoms with Crippen molar-refractivity contribution in [1.29, 1.82) is 0 Å². The van der Waals surface area contributed by atoms with Crippen LogP contribution in [0.2, 0.25) is 0 Å². The molecule has 24 heteroatoms. The number of ether oxygens (including phenoxy) is 4. The summed E-state index contributed by atoms with van der Waals surface area (Å²) in [6.45, 7) is 27.9. The highest BCUT2D eigenvalue weighted by atomic mass is 32.2. The summed E-state index contributed by atoms with van der Waals surface area (Å²) in [5, 5.41) is 33.2. The molecule has 4 aliphatic rings. The number of rotatable bonds is 24. The molecule has 0 aromatic heterocycles. The summed E-state index contributed by atoms with van der Waals surface area (Å²) in [5.74, 6) is -9.07. The van der Waals surface area contributed by atoms with Crippen LogP contribution >= 0.6 is 0 Å². The van der Waals surface area contributed by atoms with E-state index in [1.165, 1.54) is 10.1 Å². The number of alkyl carbamates (subject to hydrolysis) is 2. The van der Waals surface area contributed by atoms with Gasteiger partial charge in [0, 0.05) is 78.2 Å². The average Bonchev–Trinajstić information content (AvgIpc) is 3.24. The third-order valence-electron chi connectivity index (χ3n) is 13.6. The molecule has 0 radical (unpaired) electrons. The van der Waals surface area contributed by atoms with Crippen molar-refractivity contribution in [3.8, 4) is 0 Å². The molecule has 4 rings (SSSR count). The van der Waals surface area contributed by atoms with Gasteiger partial charge in [0.05, 0.1) is 50.0 Å². The lowest BCUT2D eigenvalue weighted by Crippen LogP contribution is -2.63. The fourth-order valence-electron chi connectivity index (χ4n) is 10.2. The molecule has 2 unspecified atom stereocenters. The first-order chi connectivity index (χ1) is 34.7. The second kappa shape index (κ2) is 27.3. The van der Waals surface area contributed by atoms with Crippen molar-refractivity contribution in [2.45, 2.75) is 194 Å². The van der Waals surface area contributed by atoms with E-state index in [-0.39, 0.29) is 47.4 Å². The lowest BCUT2D eigenvalue weighted by molar-refractivity contribution is -0.246. The highest BCUT2D eigenvalue weighted by Crippen LogP contribution is 2.39. The van der Waals surface area contributed by atoms with Crippen LogP contribution in [0.4, 0.5) is 27.2 Å². The Morgan fingerprint density at radius 2 is 0.882 bits per heavy atom. The standard InChI is InChI=1S/2C26H45F2N3O6S/c2*1-18(2)12-19(30-22(33)37-10-11-38(35)17-25(7)15-36-16-25)8-9-26(27,28)21(32)29-20-13-23(3,4)31(34)24(5,6)14-20/h2*8-9,18-20,34H,10-17H2,1-7H3,(H,29,32)(H,30,33)/b2*9-8+/t2*19-,38?/m10/s1. The average molecular weight is 1130 g/mol. The normalized spacial score (nSPS) is 23.0. The molecule has 4 saturated heterocycles. The Bertz CT molecular complexity index is 1890. The van der Waals surface area contributed by atoms with Gasteiger partial charge >= 0.3 is 24.0 Å². The zero-order valence-corrected chi connectivity index (χ0v) is 48.9. The molecular formula is C52H90F4N6O12S2. The Hall–Kier alpha value is -3.26. The summed E-state index contributed by atoms with van der Waals surface area (Å²) in [6.07, 6.45) is 3.55. The van der Waals surface area contributed by atoms with Crippen molar-refractivity contribution in [3.05, 3.63) is 24.3 Å². The van der Waals surface area contributed by atoms with Gasteiger partial charge in [0.15, 0.2) is 0 Å². The van der Waals surface area contributed by atoms with E-state index in [0.29, 0.717) is 88.6 Å². The first kappa shape index (κ1) is 67.0. The van der Waals surface area contributed by atoms with Crippen LogP contribution in [0.1, 0.15) is 135 Å². The zero-order chi connectivity index (χ0) is 57.9. The number of amides is 4. The van der Waals surface area contributed by atoms with Crippen LogP contribution in [0.3, 0.4) is 0 Å². The van der Waals surface area contributed by atoms with E-state index >= 15 is 0 Å². The molecule has 18 nitrogen and oxygen atoms in total. The third-order valence-corrected chi connectivity index (χ3v) is 16.9. The van der Waals surface area contributed by atoms with Crippen LogP contribution in [0, 0.1) is 22.7 Å². The first-order valence-electron chi connectivity index (χ1n) is 26.2. The summed E-state index contributed by atoms with van der Waals surface area (Å²) in [6, 6.07) is -2.65. The maximum absolute atomic E-state index is 14.8. The monoisotopic (exact) mass is 1130 g/mol. The lowest BCUT2D eigenvalue weighted by Gasteiger charge is -2.51. The number of carbonyl (C=O) groups is 4. The lowest BCUT2D eigenvalue weighted by atomic mass is 9.79. The summed E-state index contributed by atoms with van der Waals surface area (Å²) < 4.78 is 104. The molecule has 0 aromatic carbocycles. The van der Waals surface area contributed by atoms with Gasteiger partial charge in [0.25, 0.3) is 11.8 Å². The Morgan fingerprint density at radius 3 is 1.13 bits per heavy atom. The number of nitrogens with one attached hydrogen (secondary N) is 4. The van der Waals surface area contributed by atoms with Gasteiger partial charge in [-0.05, 0) is 118 Å². The number of nitrogens with zero attached hydrogens (tertiary/aromatic N) is 2. The Kier molecular flexibility index (Phi) is 24.0. The van der Waals surface area contributed by atoms with E-state index in [1.807, 2.05) is 41.5 Å². The molecule has 0 saturated carbocycles. The van der Waals surface area contributed by atoms with Crippen molar-refractivity contribution in [3.63, 3.8) is 0 Å². The summed E-state index contributed by atoms with van der Waals surface area (Å²) in [5.41, 5.74) is -3.02. The minimum atomic E-state index is -3.80. The predicted molar refractivity (Wildman–Crippen MR) is 283 cm³/mol. The quantitative estimate of drug-likeness (QED) is 0.0413. The number of hydrogen-bond acceptors (Lipinski definition) is 14. The van der Waals surface area contributed by atoms with E-state index in [2.05, 4.69) is 21.3 Å². The highest BCUT2D eigenvalue weighted by Gasteiger charge is 2.49. The highest BCUT2D eigenvalue weighted by molar-refractivity contribution is 7.85. The molecule has 440 valence electrons. The molecule has 4 amide bonds. The number of hydroxylamine groups is 4. The smallest absolute Gasteiger partial charge is 0.407 e. The van der Waals surface area contributed by atoms with Crippen LogP contribution in [-0.4, -0.2) is 174 Å². The van der Waals surface area contributed by atoms with Crippen molar-refractivity contribution in [2.75, 3.05) is 62.7 Å². The van der Waals surface area contributed by atoms with Crippen LogP contribution < -0.4 is 21.3 Å². The minimum absolute atomic E-state index is 0.0641. The number of piperidine rings is 2. The van der Waals surface area contributed by atoms with Gasteiger partial charge in [-0.2, -0.15) is 27.7 Å². The van der Waals surface area contributed by atoms with E-state index < -0.39 is 104 Å². The SMILES string of the molecule is CC(C)C[C@@H](/C=C/C(F)(F)C(=O)NC1CC(C)(C)N(O)C(C)(C)C1)NC(=O)OCCS(=O)CC1(C)COC1.CC(C)C[C@H](/C=C/C(F)(F)C(=O)NC1CC(C)(C)N(O)C(C)(C)C1)NC(=O)OCCS(=O)CC1(C)COC1. The van der Waals surface area contributed by atoms with Gasteiger partial charge in [0.2, 0.25) is 0 Å². The van der Waals surface area contributed by atoms with Crippen molar-refractivity contribution in [1.82, 2.24) is 31.4 Å². The molecule has 0 aliphatic carbocycles. The van der Waals surface area contributed by atoms with Gasteiger partial charge in [-0.15, -0.1) is 0 Å². The zero-order valence-electron chi connectivity index (χ0n) is 47.3. The van der Waals surface area contributed by atoms with Crippen molar-refractivity contribution in [2.24, 2.45) is 22.7 Å². The Morgan fingerprint density at radius 1 is 0.592 bits per heavy atom. The third kappa shape index (κ3) is 21.4. The van der Waals surface area contributed by atoms with Crippen molar-refractivity contribution >= 4 is 45.6 Å². The number of halogens is 4. The van der Waals surface area contributed by atoms with Gasteiger partial charge in [-0.3, -0.25) is 18.0 Å². The fraction of sp³-hybridized carbons (Fsp3) is 0.846. The van der Waals surface area contributed by atoms with Gasteiger partial charge in [-0.25, -0.2) is 9.59 Å². The Labute approximate surface area is 453 Å². The topological polar surface area (TPSA) is 234 Å². The van der Waals surface area contributed by atoms with Crippen LogP contribution in [0.5, 0.6) is 0 Å². The van der Waals surface area contributed by atoms with Crippen LogP contribution in [0.25, 0.3) is 0 Å². The first-order valence-corrected chi connectivity index (χ1v) is 29.1. The molecular weight excluding hydrogens is 1040 g/mol. The number of alkyl halides is 4. The van der Waals surface area contributed by atoms with Crippen LogP contribution in [-0.2, 0) is 50.1 Å². The van der Waals surface area contributed by atoms with E-state index in [9.17, 15) is 55.6 Å². The molecule has 4 atom stereocenters. The maximum Gasteiger partial charge on any atom is 0.407 e. The molecule has 76 heavy (non-hydrogen) atoms. The van der Waals surface area contributed by atoms with Gasteiger partial charge < -0.3 is 50.6 Å². The molecule has 0 aromatic rings. The largest absolute Gasteiger partial charge is 0.449 e. The van der Waals surface area contributed by atoms with Gasteiger partial charge in [0.1, 0.15) is 13.2 Å². The van der Waals surface area contributed by atoms with E-state index in [1.54, 1.807) is 55.4 Å². The second-order valence-corrected chi connectivity index (χ2v) is 28.4. The summed E-state index contributed by atoms with van der Waals surface area (Å²) >= 11 is 0.